The third-order valence-electron chi connectivity index (χ3n) is 3.42. The van der Waals surface area contributed by atoms with Crippen LogP contribution in [-0.4, -0.2) is 17.2 Å². The summed E-state index contributed by atoms with van der Waals surface area (Å²) in [5.41, 5.74) is 6.40. The van der Waals surface area contributed by atoms with Gasteiger partial charge in [0.15, 0.2) is 0 Å². The van der Waals surface area contributed by atoms with Crippen LogP contribution in [0, 0.1) is 5.92 Å². The smallest absolute Gasteiger partial charge is 0.339 e. The van der Waals surface area contributed by atoms with Crippen LogP contribution in [0.5, 0.6) is 5.75 Å². The van der Waals surface area contributed by atoms with Crippen molar-refractivity contribution in [3.8, 4) is 5.75 Å². The molecule has 0 amide bonds. The molecule has 4 nitrogen and oxygen atoms in total. The van der Waals surface area contributed by atoms with Crippen LogP contribution in [0.1, 0.15) is 43.0 Å². The van der Waals surface area contributed by atoms with E-state index in [1.807, 2.05) is 0 Å². The Labute approximate surface area is 107 Å². The predicted octanol–water partition coefficient (Wildman–Crippen LogP) is 2.92. The van der Waals surface area contributed by atoms with Crippen LogP contribution in [0.4, 0.5) is 5.69 Å². The largest absolute Gasteiger partial charge is 0.489 e. The van der Waals surface area contributed by atoms with E-state index < -0.39 is 5.97 Å². The van der Waals surface area contributed by atoms with Gasteiger partial charge in [0, 0.05) is 11.8 Å². The lowest BCUT2D eigenvalue weighted by atomic mass is 9.88. The molecular weight excluding hydrogens is 230 g/mol. The van der Waals surface area contributed by atoms with Crippen LogP contribution < -0.4 is 10.5 Å². The number of hydrogen-bond donors (Lipinski definition) is 2. The maximum Gasteiger partial charge on any atom is 0.339 e. The van der Waals surface area contributed by atoms with E-state index in [9.17, 15) is 4.79 Å². The molecule has 0 bridgehead atoms. The quantitative estimate of drug-likeness (QED) is 0.808. The maximum absolute atomic E-state index is 11.1. The minimum Gasteiger partial charge on any atom is -0.489 e. The third-order valence-corrected chi connectivity index (χ3v) is 3.42. The molecule has 0 heterocycles. The van der Waals surface area contributed by atoms with Crippen LogP contribution in [-0.2, 0) is 0 Å². The van der Waals surface area contributed by atoms with Gasteiger partial charge in [0.05, 0.1) is 6.10 Å². The molecule has 1 fully saturated rings. The van der Waals surface area contributed by atoms with Gasteiger partial charge in [-0.1, -0.05) is 13.3 Å². The Hall–Kier alpha value is -1.71. The molecule has 2 unspecified atom stereocenters. The Bertz CT molecular complexity index is 445. The highest BCUT2D eigenvalue weighted by Crippen LogP contribution is 2.30. The van der Waals surface area contributed by atoms with Crippen molar-refractivity contribution in [3.05, 3.63) is 23.8 Å². The van der Waals surface area contributed by atoms with Gasteiger partial charge in [-0.05, 0) is 37.3 Å². The van der Waals surface area contributed by atoms with Crippen molar-refractivity contribution in [2.45, 2.75) is 38.7 Å². The van der Waals surface area contributed by atoms with Crippen molar-refractivity contribution < 1.29 is 14.6 Å². The van der Waals surface area contributed by atoms with Gasteiger partial charge < -0.3 is 15.6 Å². The number of carboxylic acids is 1. The van der Waals surface area contributed by atoms with Crippen LogP contribution in [0.25, 0.3) is 0 Å². The molecule has 2 rings (SSSR count). The Morgan fingerprint density at radius 1 is 1.44 bits per heavy atom. The average Bonchev–Trinajstić information content (AvgIpc) is 2.28. The van der Waals surface area contributed by atoms with E-state index >= 15 is 0 Å². The van der Waals surface area contributed by atoms with Gasteiger partial charge in [-0.25, -0.2) is 4.79 Å². The van der Waals surface area contributed by atoms with Gasteiger partial charge in [0.1, 0.15) is 11.3 Å². The van der Waals surface area contributed by atoms with Crippen molar-refractivity contribution >= 4 is 11.7 Å². The lowest BCUT2D eigenvalue weighted by Crippen LogP contribution is -2.24. The summed E-state index contributed by atoms with van der Waals surface area (Å²) in [6, 6.07) is 4.68. The summed E-state index contributed by atoms with van der Waals surface area (Å²) in [4.78, 5) is 11.1. The average molecular weight is 249 g/mol. The highest BCUT2D eigenvalue weighted by Gasteiger charge is 2.22. The number of nitrogen functional groups attached to an aromatic ring is 1. The van der Waals surface area contributed by atoms with Crippen molar-refractivity contribution in [1.29, 1.82) is 0 Å². The predicted molar refractivity (Wildman–Crippen MR) is 69.9 cm³/mol. The summed E-state index contributed by atoms with van der Waals surface area (Å²) in [7, 11) is 0. The molecule has 0 spiro atoms. The molecule has 0 aromatic heterocycles. The molecule has 0 radical (unpaired) electrons. The van der Waals surface area contributed by atoms with E-state index in [-0.39, 0.29) is 11.7 Å². The molecule has 4 heteroatoms. The monoisotopic (exact) mass is 249 g/mol. The van der Waals surface area contributed by atoms with Crippen molar-refractivity contribution in [2.75, 3.05) is 5.73 Å². The fourth-order valence-electron chi connectivity index (χ4n) is 2.48. The van der Waals surface area contributed by atoms with Gasteiger partial charge in [-0.2, -0.15) is 0 Å². The van der Waals surface area contributed by atoms with Gasteiger partial charge >= 0.3 is 5.97 Å². The summed E-state index contributed by atoms with van der Waals surface area (Å²) in [5, 5.41) is 9.12. The fourth-order valence-corrected chi connectivity index (χ4v) is 2.48. The lowest BCUT2D eigenvalue weighted by Gasteiger charge is -2.28. The van der Waals surface area contributed by atoms with Crippen LogP contribution in [0.3, 0.4) is 0 Å². The number of benzene rings is 1. The minimum absolute atomic E-state index is 0.105. The maximum atomic E-state index is 11.1. The summed E-state index contributed by atoms with van der Waals surface area (Å²) in [6.45, 7) is 2.20. The number of aromatic carboxylic acids is 1. The topological polar surface area (TPSA) is 72.5 Å². The van der Waals surface area contributed by atoms with E-state index in [1.165, 1.54) is 12.5 Å². The number of carboxylic acid groups (broad SMARTS) is 1. The van der Waals surface area contributed by atoms with E-state index in [1.54, 1.807) is 12.1 Å². The summed E-state index contributed by atoms with van der Waals surface area (Å²) >= 11 is 0. The molecule has 2 atom stereocenters. The Kier molecular flexibility index (Phi) is 3.75. The molecule has 1 aliphatic rings. The SMILES string of the molecule is CC1CCCC(Oc2cc(N)ccc2C(=O)O)C1. The normalized spacial score (nSPS) is 23.6. The first kappa shape index (κ1) is 12.7. The number of ether oxygens (including phenoxy) is 1. The Morgan fingerprint density at radius 3 is 2.89 bits per heavy atom. The Morgan fingerprint density at radius 2 is 2.22 bits per heavy atom. The molecule has 18 heavy (non-hydrogen) atoms. The molecule has 0 saturated heterocycles. The van der Waals surface area contributed by atoms with Crippen LogP contribution in [0.15, 0.2) is 18.2 Å². The number of hydrogen-bond acceptors (Lipinski definition) is 3. The number of rotatable bonds is 3. The molecule has 1 saturated carbocycles. The van der Waals surface area contributed by atoms with Crippen LogP contribution in [0.2, 0.25) is 0 Å². The standard InChI is InChI=1S/C14H19NO3/c1-9-3-2-4-11(7-9)18-13-8-10(15)5-6-12(13)14(16)17/h5-6,8-9,11H,2-4,7,15H2,1H3,(H,16,17). The van der Waals surface area contributed by atoms with Crippen LogP contribution >= 0.6 is 0 Å². The molecule has 0 aliphatic heterocycles. The van der Waals surface area contributed by atoms with Gasteiger partial charge in [-0.15, -0.1) is 0 Å². The zero-order chi connectivity index (χ0) is 13.1. The molecule has 1 aromatic rings. The van der Waals surface area contributed by atoms with E-state index in [0.29, 0.717) is 17.4 Å². The molecule has 98 valence electrons. The second kappa shape index (κ2) is 5.29. The zero-order valence-electron chi connectivity index (χ0n) is 10.6. The van der Waals surface area contributed by atoms with E-state index in [4.69, 9.17) is 15.6 Å². The summed E-state index contributed by atoms with van der Waals surface area (Å²) in [6.07, 6.45) is 4.43. The second-order valence-electron chi connectivity index (χ2n) is 5.07. The molecule has 1 aliphatic carbocycles. The van der Waals surface area contributed by atoms with Crippen molar-refractivity contribution in [3.63, 3.8) is 0 Å². The second-order valence-corrected chi connectivity index (χ2v) is 5.07. The van der Waals surface area contributed by atoms with Gasteiger partial charge in [-0.3, -0.25) is 0 Å². The Balaban J connectivity index is 2.16. The number of carbonyl (C=O) groups is 1. The minimum atomic E-state index is -0.978. The first-order valence-electron chi connectivity index (χ1n) is 6.35. The molecule has 1 aromatic carbocycles. The summed E-state index contributed by atoms with van der Waals surface area (Å²) < 4.78 is 5.84. The highest BCUT2D eigenvalue weighted by atomic mass is 16.5. The third kappa shape index (κ3) is 2.94. The molecule has 3 N–H and O–H groups in total. The van der Waals surface area contributed by atoms with Crippen molar-refractivity contribution in [2.24, 2.45) is 5.92 Å². The van der Waals surface area contributed by atoms with Gasteiger partial charge in [0.25, 0.3) is 0 Å². The summed E-state index contributed by atoms with van der Waals surface area (Å²) in [5.74, 6) is 0.0496. The highest BCUT2D eigenvalue weighted by molar-refractivity contribution is 5.91. The van der Waals surface area contributed by atoms with E-state index in [2.05, 4.69) is 6.92 Å². The molecular formula is C14H19NO3. The zero-order valence-corrected chi connectivity index (χ0v) is 10.6. The van der Waals surface area contributed by atoms with Crippen molar-refractivity contribution in [1.82, 2.24) is 0 Å². The van der Waals surface area contributed by atoms with Gasteiger partial charge in [0.2, 0.25) is 0 Å². The fraction of sp³-hybridized carbons (Fsp3) is 0.500. The first-order valence-corrected chi connectivity index (χ1v) is 6.35. The van der Waals surface area contributed by atoms with E-state index in [0.717, 1.165) is 19.3 Å². The number of anilines is 1. The lowest BCUT2D eigenvalue weighted by molar-refractivity contribution is 0.0683. The first-order chi connectivity index (χ1) is 8.56. The number of nitrogens with two attached hydrogens (primary N) is 1.